The van der Waals surface area contributed by atoms with Gasteiger partial charge < -0.3 is 15.7 Å². The molecule has 0 bridgehead atoms. The lowest BCUT2D eigenvalue weighted by Gasteiger charge is -2.04. The topological polar surface area (TPSA) is 95.5 Å². The van der Waals surface area contributed by atoms with Crippen molar-refractivity contribution in [2.75, 3.05) is 13.6 Å². The van der Waals surface area contributed by atoms with Gasteiger partial charge in [0.2, 0.25) is 11.8 Å². The van der Waals surface area contributed by atoms with Gasteiger partial charge in [-0.25, -0.2) is 0 Å². The van der Waals surface area contributed by atoms with E-state index in [2.05, 4.69) is 10.6 Å². The molecule has 0 aromatic heterocycles. The molecule has 0 aliphatic rings. The Balaban J connectivity index is 3.15. The van der Waals surface area contributed by atoms with E-state index in [1.165, 1.54) is 44.9 Å². The number of carbonyl (C=O) groups is 3. The van der Waals surface area contributed by atoms with Gasteiger partial charge in [0.25, 0.3) is 0 Å². The van der Waals surface area contributed by atoms with Crippen molar-refractivity contribution in [3.05, 3.63) is 0 Å². The van der Waals surface area contributed by atoms with Crippen LogP contribution in [-0.2, 0) is 14.4 Å². The maximum Gasteiger partial charge on any atom is 0.322 e. The van der Waals surface area contributed by atoms with E-state index in [0.29, 0.717) is 12.8 Å². The highest BCUT2D eigenvalue weighted by atomic mass is 16.4. The summed E-state index contributed by atoms with van der Waals surface area (Å²) in [4.78, 5) is 32.7. The Kier molecular flexibility index (Phi) is 16.1. The monoisotopic (exact) mass is 356 g/mol. The number of nitrogens with one attached hydrogen (secondary N) is 2. The summed E-state index contributed by atoms with van der Waals surface area (Å²) in [5.41, 5.74) is 0. The molecule has 0 aromatic rings. The number of hydrogen-bond acceptors (Lipinski definition) is 3. The molecule has 0 saturated heterocycles. The molecule has 0 saturated carbocycles. The average Bonchev–Trinajstić information content (AvgIpc) is 2.59. The number of carboxylic acids is 1. The van der Waals surface area contributed by atoms with Crippen LogP contribution in [0.25, 0.3) is 0 Å². The highest BCUT2D eigenvalue weighted by Gasteiger charge is 2.03. The third kappa shape index (κ3) is 18.6. The van der Waals surface area contributed by atoms with Crippen LogP contribution >= 0.6 is 0 Å². The predicted molar refractivity (Wildman–Crippen MR) is 99.4 cm³/mol. The van der Waals surface area contributed by atoms with Crippen LogP contribution < -0.4 is 10.6 Å². The summed E-state index contributed by atoms with van der Waals surface area (Å²) in [5.74, 6) is -1.03. The minimum atomic E-state index is -1.00. The largest absolute Gasteiger partial charge is 0.480 e. The molecule has 0 radical (unpaired) electrons. The zero-order chi connectivity index (χ0) is 18.8. The van der Waals surface area contributed by atoms with Gasteiger partial charge in [-0.2, -0.15) is 0 Å². The number of unbranched alkanes of at least 4 members (excludes halogenated alkanes) is 11. The maximum atomic E-state index is 11.3. The van der Waals surface area contributed by atoms with Crippen molar-refractivity contribution in [2.45, 2.75) is 89.9 Å². The van der Waals surface area contributed by atoms with E-state index < -0.39 is 5.97 Å². The second-order valence-electron chi connectivity index (χ2n) is 6.59. The Morgan fingerprint density at radius 1 is 0.640 bits per heavy atom. The highest BCUT2D eigenvalue weighted by molar-refractivity contribution is 5.80. The summed E-state index contributed by atoms with van der Waals surface area (Å²) in [7, 11) is 1.68. The van der Waals surface area contributed by atoms with Gasteiger partial charge in [0.05, 0.1) is 0 Å². The quantitative estimate of drug-likeness (QED) is 0.348. The number of rotatable bonds is 17. The van der Waals surface area contributed by atoms with Crippen molar-refractivity contribution in [3.8, 4) is 0 Å². The van der Waals surface area contributed by atoms with Crippen LogP contribution in [-0.4, -0.2) is 36.5 Å². The molecule has 0 aliphatic heterocycles. The molecule has 2 amide bonds. The van der Waals surface area contributed by atoms with E-state index in [4.69, 9.17) is 5.11 Å². The molecular formula is C19H36N2O4. The zero-order valence-corrected chi connectivity index (χ0v) is 15.8. The van der Waals surface area contributed by atoms with Gasteiger partial charge in [-0.3, -0.25) is 14.4 Å². The Morgan fingerprint density at radius 2 is 1.00 bits per heavy atom. The van der Waals surface area contributed by atoms with Crippen molar-refractivity contribution in [1.82, 2.24) is 10.6 Å². The fourth-order valence-corrected chi connectivity index (χ4v) is 2.73. The minimum Gasteiger partial charge on any atom is -0.480 e. The summed E-state index contributed by atoms with van der Waals surface area (Å²) in [6.07, 6.45) is 15.0. The van der Waals surface area contributed by atoms with E-state index in [9.17, 15) is 14.4 Å². The molecule has 0 atom stereocenters. The standard InChI is InChI=1S/C19H36N2O4/c1-20-17(22)14-12-10-8-6-4-2-3-5-7-9-11-13-15-18(23)21-16-19(24)25/h2-16H2,1H3,(H,20,22)(H,21,23)(H,24,25). The van der Waals surface area contributed by atoms with Crippen molar-refractivity contribution >= 4 is 17.8 Å². The number of hydrogen-bond donors (Lipinski definition) is 3. The van der Waals surface area contributed by atoms with Crippen molar-refractivity contribution in [2.24, 2.45) is 0 Å². The molecule has 0 unspecified atom stereocenters. The maximum absolute atomic E-state index is 11.3. The van der Waals surface area contributed by atoms with E-state index >= 15 is 0 Å². The third-order valence-corrected chi connectivity index (χ3v) is 4.27. The molecule has 0 spiro atoms. The summed E-state index contributed by atoms with van der Waals surface area (Å²) < 4.78 is 0. The molecule has 0 rings (SSSR count). The molecule has 6 heteroatoms. The summed E-state index contributed by atoms with van der Waals surface area (Å²) >= 11 is 0. The Labute approximate surface area is 152 Å². The van der Waals surface area contributed by atoms with Gasteiger partial charge in [-0.05, 0) is 12.8 Å². The second-order valence-corrected chi connectivity index (χ2v) is 6.59. The first-order valence-corrected chi connectivity index (χ1v) is 9.75. The Bertz CT molecular complexity index is 372. The molecular weight excluding hydrogens is 320 g/mol. The van der Waals surface area contributed by atoms with Crippen LogP contribution in [0.2, 0.25) is 0 Å². The number of aliphatic carboxylic acids is 1. The molecule has 0 aliphatic carbocycles. The lowest BCUT2D eigenvalue weighted by molar-refractivity contribution is -0.138. The number of amides is 2. The fourth-order valence-electron chi connectivity index (χ4n) is 2.73. The van der Waals surface area contributed by atoms with E-state index in [0.717, 1.165) is 32.1 Å². The molecule has 0 fully saturated rings. The smallest absolute Gasteiger partial charge is 0.322 e. The van der Waals surface area contributed by atoms with E-state index in [-0.39, 0.29) is 18.4 Å². The van der Waals surface area contributed by atoms with Gasteiger partial charge >= 0.3 is 5.97 Å². The third-order valence-electron chi connectivity index (χ3n) is 4.27. The van der Waals surface area contributed by atoms with Crippen molar-refractivity contribution in [1.29, 1.82) is 0 Å². The highest BCUT2D eigenvalue weighted by Crippen LogP contribution is 2.12. The van der Waals surface area contributed by atoms with Gasteiger partial charge in [0.1, 0.15) is 6.54 Å². The van der Waals surface area contributed by atoms with Crippen LogP contribution in [0, 0.1) is 0 Å². The van der Waals surface area contributed by atoms with Gasteiger partial charge in [0.15, 0.2) is 0 Å². The molecule has 0 aromatic carbocycles. The van der Waals surface area contributed by atoms with Crippen LogP contribution in [0.15, 0.2) is 0 Å². The molecule has 0 heterocycles. The van der Waals surface area contributed by atoms with Crippen LogP contribution in [0.1, 0.15) is 89.9 Å². The van der Waals surface area contributed by atoms with Gasteiger partial charge in [0, 0.05) is 19.9 Å². The summed E-state index contributed by atoms with van der Waals surface area (Å²) in [6.45, 7) is -0.285. The van der Waals surface area contributed by atoms with E-state index in [1.54, 1.807) is 7.05 Å². The van der Waals surface area contributed by atoms with Crippen LogP contribution in [0.3, 0.4) is 0 Å². The first-order chi connectivity index (χ1) is 12.1. The molecule has 6 nitrogen and oxygen atoms in total. The predicted octanol–water partition coefficient (Wildman–Crippen LogP) is 3.39. The SMILES string of the molecule is CNC(=O)CCCCCCCCCCCCCCC(=O)NCC(=O)O. The Morgan fingerprint density at radius 3 is 1.36 bits per heavy atom. The molecule has 146 valence electrons. The minimum absolute atomic E-state index is 0.140. The van der Waals surface area contributed by atoms with Crippen molar-refractivity contribution < 1.29 is 19.5 Å². The van der Waals surface area contributed by atoms with Crippen molar-refractivity contribution in [3.63, 3.8) is 0 Å². The Hall–Kier alpha value is -1.59. The first kappa shape index (κ1) is 23.4. The number of carboxylic acid groups (broad SMARTS) is 1. The van der Waals surface area contributed by atoms with Gasteiger partial charge in [-0.1, -0.05) is 64.2 Å². The average molecular weight is 357 g/mol. The fraction of sp³-hybridized carbons (Fsp3) is 0.842. The lowest BCUT2D eigenvalue weighted by Crippen LogP contribution is -2.28. The summed E-state index contributed by atoms with van der Waals surface area (Å²) in [6, 6.07) is 0. The first-order valence-electron chi connectivity index (χ1n) is 9.75. The van der Waals surface area contributed by atoms with Gasteiger partial charge in [-0.15, -0.1) is 0 Å². The molecule has 25 heavy (non-hydrogen) atoms. The zero-order valence-electron chi connectivity index (χ0n) is 15.8. The second kappa shape index (κ2) is 17.2. The van der Waals surface area contributed by atoms with E-state index in [1.807, 2.05) is 0 Å². The van der Waals surface area contributed by atoms with Crippen LogP contribution in [0.4, 0.5) is 0 Å². The summed E-state index contributed by atoms with van der Waals surface area (Å²) in [5, 5.41) is 13.5. The normalized spacial score (nSPS) is 10.4. The number of carbonyl (C=O) groups excluding carboxylic acids is 2. The lowest BCUT2D eigenvalue weighted by atomic mass is 10.0. The van der Waals surface area contributed by atoms with Crippen LogP contribution in [0.5, 0.6) is 0 Å². The molecule has 3 N–H and O–H groups in total.